The molecule has 0 spiro atoms. The smallest absolute Gasteiger partial charge is 0.317 e. The summed E-state index contributed by atoms with van der Waals surface area (Å²) in [6.07, 6.45) is 3.05. The molecule has 0 amide bonds. The highest BCUT2D eigenvalue weighted by atomic mass is 16.5. The van der Waals surface area contributed by atoms with Crippen LogP contribution in [0.3, 0.4) is 0 Å². The third-order valence-electron chi connectivity index (χ3n) is 5.58. The summed E-state index contributed by atoms with van der Waals surface area (Å²) >= 11 is 0. The second-order valence-corrected chi connectivity index (χ2v) is 7.28. The first-order chi connectivity index (χ1) is 14.5. The molecule has 0 saturated carbocycles. The van der Waals surface area contributed by atoms with E-state index < -0.39 is 11.9 Å². The molecule has 0 aromatic heterocycles. The lowest BCUT2D eigenvalue weighted by Crippen LogP contribution is -2.34. The number of hydrogen-bond donors (Lipinski definition) is 0. The lowest BCUT2D eigenvalue weighted by molar-refractivity contribution is -0.151. The van der Waals surface area contributed by atoms with E-state index in [1.165, 1.54) is 5.56 Å². The van der Waals surface area contributed by atoms with Gasteiger partial charge in [0, 0.05) is 5.92 Å². The van der Waals surface area contributed by atoms with Gasteiger partial charge in [0.1, 0.15) is 5.92 Å². The van der Waals surface area contributed by atoms with Gasteiger partial charge in [0.15, 0.2) is 17.3 Å². The number of hydrogen-bond acceptors (Lipinski definition) is 5. The van der Waals surface area contributed by atoms with Gasteiger partial charge in [-0.2, -0.15) is 0 Å². The molecule has 3 rings (SSSR count). The first-order valence-electron chi connectivity index (χ1n) is 10.2. The Balaban J connectivity index is 2.02. The third-order valence-corrected chi connectivity index (χ3v) is 5.58. The lowest BCUT2D eigenvalue weighted by atomic mass is 9.73. The van der Waals surface area contributed by atoms with Crippen LogP contribution in [0.5, 0.6) is 11.5 Å². The number of ether oxygens (including phenoxy) is 3. The van der Waals surface area contributed by atoms with Crippen molar-refractivity contribution in [2.24, 2.45) is 5.92 Å². The number of carbonyl (C=O) groups excluding carboxylic acids is 2. The Labute approximate surface area is 177 Å². The van der Waals surface area contributed by atoms with E-state index in [1.54, 1.807) is 27.2 Å². The molecule has 0 saturated heterocycles. The van der Waals surface area contributed by atoms with Crippen LogP contribution in [0.15, 0.2) is 48.5 Å². The highest BCUT2D eigenvalue weighted by molar-refractivity contribution is 6.10. The normalized spacial score (nSPS) is 18.5. The summed E-state index contributed by atoms with van der Waals surface area (Å²) in [5.74, 6) is -0.583. The van der Waals surface area contributed by atoms with Crippen LogP contribution in [0.4, 0.5) is 0 Å². The maximum Gasteiger partial charge on any atom is 0.317 e. The summed E-state index contributed by atoms with van der Waals surface area (Å²) in [7, 11) is 3.16. The van der Waals surface area contributed by atoms with Gasteiger partial charge in [-0.25, -0.2) is 0 Å². The molecule has 0 radical (unpaired) electrons. The number of esters is 1. The van der Waals surface area contributed by atoms with Gasteiger partial charge in [0.05, 0.1) is 20.8 Å². The zero-order valence-corrected chi connectivity index (χ0v) is 17.9. The molecule has 1 aliphatic carbocycles. The van der Waals surface area contributed by atoms with Gasteiger partial charge in [-0.3, -0.25) is 9.59 Å². The second-order valence-electron chi connectivity index (χ2n) is 7.28. The van der Waals surface area contributed by atoms with Crippen molar-refractivity contribution in [2.45, 2.75) is 32.6 Å². The van der Waals surface area contributed by atoms with Crippen molar-refractivity contribution in [3.05, 3.63) is 65.2 Å². The van der Waals surface area contributed by atoms with Crippen molar-refractivity contribution < 1.29 is 23.8 Å². The van der Waals surface area contributed by atoms with Gasteiger partial charge in [0.2, 0.25) is 0 Å². The van der Waals surface area contributed by atoms with Crippen LogP contribution in [0.1, 0.15) is 42.9 Å². The molecule has 5 heteroatoms. The van der Waals surface area contributed by atoms with Crippen LogP contribution in [0, 0.1) is 5.92 Å². The van der Waals surface area contributed by atoms with E-state index in [2.05, 4.69) is 19.1 Å². The van der Waals surface area contributed by atoms with Crippen LogP contribution in [-0.2, 0) is 20.7 Å². The fourth-order valence-electron chi connectivity index (χ4n) is 3.93. The molecular weight excluding hydrogens is 380 g/mol. The monoisotopic (exact) mass is 408 g/mol. The standard InChI is InChI=1S/C25H28O5/c1-5-16-7-9-17(10-8-16)20-13-19(14-21(26)24(20)25(27)30-6-2)18-11-12-22(28-3)23(15-18)29-4/h7-12,14-15,20,24H,5-6,13H2,1-4H3. The first kappa shape index (κ1) is 21.6. The SMILES string of the molecule is CCOC(=O)C1C(=O)C=C(c2ccc(OC)c(OC)c2)CC1c1ccc(CC)cc1. The summed E-state index contributed by atoms with van der Waals surface area (Å²) < 4.78 is 16.0. The Hall–Kier alpha value is -3.08. The van der Waals surface area contributed by atoms with E-state index in [4.69, 9.17) is 14.2 Å². The van der Waals surface area contributed by atoms with Crippen molar-refractivity contribution >= 4 is 17.3 Å². The minimum absolute atomic E-state index is 0.228. The van der Waals surface area contributed by atoms with E-state index in [0.29, 0.717) is 17.9 Å². The number of aryl methyl sites for hydroxylation is 1. The highest BCUT2D eigenvalue weighted by Gasteiger charge is 2.39. The van der Waals surface area contributed by atoms with Crippen molar-refractivity contribution in [3.63, 3.8) is 0 Å². The zero-order chi connectivity index (χ0) is 21.7. The first-order valence-corrected chi connectivity index (χ1v) is 10.2. The van der Waals surface area contributed by atoms with Gasteiger partial charge >= 0.3 is 5.97 Å². The van der Waals surface area contributed by atoms with E-state index in [9.17, 15) is 9.59 Å². The Morgan fingerprint density at radius 2 is 1.70 bits per heavy atom. The van der Waals surface area contributed by atoms with Crippen LogP contribution < -0.4 is 9.47 Å². The number of carbonyl (C=O) groups is 2. The highest BCUT2D eigenvalue weighted by Crippen LogP contribution is 2.42. The van der Waals surface area contributed by atoms with Gasteiger partial charge in [-0.15, -0.1) is 0 Å². The topological polar surface area (TPSA) is 61.8 Å². The van der Waals surface area contributed by atoms with Crippen molar-refractivity contribution in [1.29, 1.82) is 0 Å². The molecular formula is C25H28O5. The molecule has 0 fully saturated rings. The van der Waals surface area contributed by atoms with Crippen LogP contribution in [0.2, 0.25) is 0 Å². The number of rotatable bonds is 7. The molecule has 0 N–H and O–H groups in total. The minimum Gasteiger partial charge on any atom is -0.493 e. The quantitative estimate of drug-likeness (QED) is 0.495. The maximum absolute atomic E-state index is 13.0. The van der Waals surface area contributed by atoms with Crippen LogP contribution in [0.25, 0.3) is 5.57 Å². The molecule has 158 valence electrons. The average Bonchev–Trinajstić information content (AvgIpc) is 2.78. The molecule has 0 aliphatic heterocycles. The number of methoxy groups -OCH3 is 2. The minimum atomic E-state index is -0.832. The van der Waals surface area contributed by atoms with Crippen molar-refractivity contribution in [1.82, 2.24) is 0 Å². The van der Waals surface area contributed by atoms with Crippen molar-refractivity contribution in [2.75, 3.05) is 20.8 Å². The fraction of sp³-hybridized carbons (Fsp3) is 0.360. The van der Waals surface area contributed by atoms with Gasteiger partial charge in [-0.05, 0) is 60.2 Å². The molecule has 2 aromatic rings. The molecule has 2 aromatic carbocycles. The van der Waals surface area contributed by atoms with Gasteiger partial charge < -0.3 is 14.2 Å². The average molecular weight is 408 g/mol. The Bertz CT molecular complexity index is 943. The largest absolute Gasteiger partial charge is 0.493 e. The summed E-state index contributed by atoms with van der Waals surface area (Å²) in [6.45, 7) is 4.09. The summed E-state index contributed by atoms with van der Waals surface area (Å²) in [6, 6.07) is 13.7. The molecule has 5 nitrogen and oxygen atoms in total. The Morgan fingerprint density at radius 3 is 2.30 bits per heavy atom. The number of ketones is 1. The van der Waals surface area contributed by atoms with E-state index in [0.717, 1.165) is 23.1 Å². The van der Waals surface area contributed by atoms with Crippen molar-refractivity contribution in [3.8, 4) is 11.5 Å². The Kier molecular flexibility index (Phi) is 6.93. The van der Waals surface area contributed by atoms with E-state index >= 15 is 0 Å². The van der Waals surface area contributed by atoms with Crippen LogP contribution >= 0.6 is 0 Å². The maximum atomic E-state index is 13.0. The molecule has 30 heavy (non-hydrogen) atoms. The molecule has 0 heterocycles. The predicted octanol–water partition coefficient (Wildman–Crippen LogP) is 4.59. The molecule has 2 unspecified atom stereocenters. The zero-order valence-electron chi connectivity index (χ0n) is 17.9. The van der Waals surface area contributed by atoms with E-state index in [1.807, 2.05) is 30.3 Å². The third kappa shape index (κ3) is 4.40. The Morgan fingerprint density at radius 1 is 1.00 bits per heavy atom. The van der Waals surface area contributed by atoms with Crippen LogP contribution in [-0.4, -0.2) is 32.6 Å². The fourth-order valence-corrected chi connectivity index (χ4v) is 3.93. The van der Waals surface area contributed by atoms with Gasteiger partial charge in [0.25, 0.3) is 0 Å². The number of benzene rings is 2. The second kappa shape index (κ2) is 9.61. The predicted molar refractivity (Wildman–Crippen MR) is 116 cm³/mol. The summed E-state index contributed by atoms with van der Waals surface area (Å²) in [5, 5.41) is 0. The molecule has 0 bridgehead atoms. The van der Waals surface area contributed by atoms with E-state index in [-0.39, 0.29) is 18.3 Å². The molecule has 2 atom stereocenters. The summed E-state index contributed by atoms with van der Waals surface area (Å²) in [5.41, 5.74) is 3.92. The number of allylic oxidation sites excluding steroid dienone is 2. The summed E-state index contributed by atoms with van der Waals surface area (Å²) in [4.78, 5) is 25.7. The molecule has 1 aliphatic rings. The lowest BCUT2D eigenvalue weighted by Gasteiger charge is -2.29. The van der Waals surface area contributed by atoms with Gasteiger partial charge in [-0.1, -0.05) is 37.3 Å².